The van der Waals surface area contributed by atoms with Gasteiger partial charge in [0, 0.05) is 0 Å². The Balaban J connectivity index is 0.000000221. The van der Waals surface area contributed by atoms with E-state index in [1.54, 1.807) is 48.5 Å². The maximum atomic E-state index is 13.1. The summed E-state index contributed by atoms with van der Waals surface area (Å²) in [5.74, 6) is -3.59. The number of rotatable bonds is 10. The molecule has 12 heteroatoms. The topological polar surface area (TPSA) is 213 Å². The number of carboxylic acid groups (broad SMARTS) is 2. The van der Waals surface area contributed by atoms with Gasteiger partial charge in [0.25, 0.3) is 0 Å². The number of nitrogens with two attached hydrogens (primary N) is 2. The van der Waals surface area contributed by atoms with Crippen molar-refractivity contribution in [1.29, 1.82) is 0 Å². The fraction of sp³-hybridized carbons (Fsp3) is 0.348. The first-order valence-corrected chi connectivity index (χ1v) is 19.2. The maximum Gasteiger partial charge on any atom is 0.337 e. The highest BCUT2D eigenvalue weighted by molar-refractivity contribution is 5.96. The van der Waals surface area contributed by atoms with Crippen molar-refractivity contribution in [2.24, 2.45) is 23.3 Å². The van der Waals surface area contributed by atoms with Crippen LogP contribution in [-0.2, 0) is 55.6 Å². The van der Waals surface area contributed by atoms with Crippen LogP contribution in [0.2, 0.25) is 0 Å². The molecular formula is C46H50N2O10. The number of methoxy groups -OCH3 is 2. The molecule has 58 heavy (non-hydrogen) atoms. The van der Waals surface area contributed by atoms with E-state index >= 15 is 0 Å². The molecule has 0 saturated carbocycles. The Hall–Kier alpha value is -6.30. The summed E-state index contributed by atoms with van der Waals surface area (Å²) >= 11 is 0. The van der Waals surface area contributed by atoms with Crippen molar-refractivity contribution in [2.75, 3.05) is 14.2 Å². The van der Waals surface area contributed by atoms with E-state index in [-0.39, 0.29) is 23.0 Å². The molecular weight excluding hydrogens is 741 g/mol. The first kappa shape index (κ1) is 42.8. The van der Waals surface area contributed by atoms with Crippen molar-refractivity contribution in [1.82, 2.24) is 0 Å². The number of primary amides is 2. The lowest BCUT2D eigenvalue weighted by Gasteiger charge is -2.35. The molecule has 0 fully saturated rings. The Bertz CT molecular complexity index is 2170. The summed E-state index contributed by atoms with van der Waals surface area (Å²) in [6.45, 7) is 8.07. The van der Waals surface area contributed by atoms with Gasteiger partial charge in [-0.25, -0.2) is 19.2 Å². The first-order chi connectivity index (χ1) is 27.4. The van der Waals surface area contributed by atoms with Crippen LogP contribution in [0.25, 0.3) is 0 Å². The summed E-state index contributed by atoms with van der Waals surface area (Å²) in [5.41, 5.74) is 17.3. The van der Waals surface area contributed by atoms with Crippen LogP contribution >= 0.6 is 0 Å². The zero-order chi connectivity index (χ0) is 42.7. The van der Waals surface area contributed by atoms with Gasteiger partial charge < -0.3 is 31.2 Å². The summed E-state index contributed by atoms with van der Waals surface area (Å²) in [7, 11) is 2.68. The third-order valence-electron chi connectivity index (χ3n) is 11.2. The second-order valence-corrected chi connectivity index (χ2v) is 15.8. The molecule has 12 nitrogen and oxygen atoms in total. The van der Waals surface area contributed by atoms with Gasteiger partial charge in [-0.1, -0.05) is 52.0 Å². The third-order valence-corrected chi connectivity index (χ3v) is 11.2. The SMILES string of the molecule is CC(C)CC1(C(N)=O)c2ccc(C(=O)O)cc2CCc2cc(C(=O)O)ccc21.COC(=O)c1ccc2c(c1)CCc1cc(C(=O)OC)ccc1C2(CC(C)C)C(N)=O. The van der Waals surface area contributed by atoms with E-state index in [0.29, 0.717) is 60.8 Å². The monoisotopic (exact) mass is 790 g/mol. The van der Waals surface area contributed by atoms with Crippen LogP contribution in [-0.4, -0.2) is 60.1 Å². The van der Waals surface area contributed by atoms with Crippen molar-refractivity contribution in [2.45, 2.75) is 77.0 Å². The molecule has 2 aliphatic rings. The van der Waals surface area contributed by atoms with Crippen LogP contribution < -0.4 is 11.5 Å². The Morgan fingerprint density at radius 2 is 0.776 bits per heavy atom. The van der Waals surface area contributed by atoms with Crippen LogP contribution in [0.4, 0.5) is 0 Å². The van der Waals surface area contributed by atoms with Gasteiger partial charge in [-0.15, -0.1) is 0 Å². The molecule has 304 valence electrons. The molecule has 0 saturated heterocycles. The molecule has 0 bridgehead atoms. The van der Waals surface area contributed by atoms with Gasteiger partial charge in [0.05, 0.1) is 47.3 Å². The Labute approximate surface area is 337 Å². The predicted molar refractivity (Wildman–Crippen MR) is 216 cm³/mol. The van der Waals surface area contributed by atoms with Gasteiger partial charge in [-0.3, -0.25) is 9.59 Å². The summed E-state index contributed by atoms with van der Waals surface area (Å²) in [6, 6.07) is 20.1. The molecule has 4 aromatic rings. The number of hydrogen-bond donors (Lipinski definition) is 4. The fourth-order valence-electron chi connectivity index (χ4n) is 8.85. The molecule has 0 atom stereocenters. The summed E-state index contributed by atoms with van der Waals surface area (Å²) in [4.78, 5) is 73.0. The molecule has 0 aliphatic heterocycles. The van der Waals surface area contributed by atoms with Gasteiger partial charge in [-0.2, -0.15) is 0 Å². The minimum absolute atomic E-state index is 0.129. The second kappa shape index (κ2) is 17.1. The molecule has 0 spiro atoms. The molecule has 2 aliphatic carbocycles. The zero-order valence-corrected chi connectivity index (χ0v) is 33.6. The van der Waals surface area contributed by atoms with Gasteiger partial charge in [0.1, 0.15) is 0 Å². The summed E-state index contributed by atoms with van der Waals surface area (Å²) < 4.78 is 9.71. The Kier molecular flexibility index (Phi) is 12.6. The number of aryl methyl sites for hydroxylation is 4. The molecule has 2 amide bonds. The largest absolute Gasteiger partial charge is 0.478 e. The molecule has 0 unspecified atom stereocenters. The lowest BCUT2D eigenvalue weighted by molar-refractivity contribution is -0.123. The van der Waals surface area contributed by atoms with Gasteiger partial charge >= 0.3 is 23.9 Å². The number of aromatic carboxylic acids is 2. The number of hydrogen-bond acceptors (Lipinski definition) is 8. The van der Waals surface area contributed by atoms with Crippen LogP contribution in [0.3, 0.4) is 0 Å². The maximum absolute atomic E-state index is 13.1. The number of amides is 2. The minimum Gasteiger partial charge on any atom is -0.478 e. The first-order valence-electron chi connectivity index (χ1n) is 19.2. The number of esters is 2. The van der Waals surface area contributed by atoms with Gasteiger partial charge in [0.2, 0.25) is 11.8 Å². The number of fused-ring (bicyclic) bond motifs is 4. The van der Waals surface area contributed by atoms with Crippen LogP contribution in [0.15, 0.2) is 72.8 Å². The standard InChI is InChI=1S/C24H27NO5.C22H23NO5/c1-14(2)13-24(23(25)28)19-9-7-17(21(26)29-3)11-15(19)5-6-16-12-18(22(27)30-4)8-10-20(16)24;1-12(2)11-22(21(23)28)17-7-5-15(19(24)25)9-13(17)3-4-14-10-16(20(26)27)6-8-18(14)22/h7-12,14H,5-6,13H2,1-4H3,(H2,25,28);5-10,12H,3-4,11H2,1-2H3,(H2,23,28)(H,24,25)(H,26,27). The van der Waals surface area contributed by atoms with E-state index in [9.17, 15) is 39.0 Å². The van der Waals surface area contributed by atoms with Gasteiger partial charge in [-0.05, 0) is 143 Å². The highest BCUT2D eigenvalue weighted by Gasteiger charge is 2.46. The smallest absolute Gasteiger partial charge is 0.337 e. The van der Waals surface area contributed by atoms with Crippen molar-refractivity contribution in [3.8, 4) is 0 Å². The molecule has 0 aromatic heterocycles. The highest BCUT2D eigenvalue weighted by Crippen LogP contribution is 2.46. The van der Waals surface area contributed by atoms with E-state index in [2.05, 4.69) is 0 Å². The summed E-state index contributed by atoms with van der Waals surface area (Å²) in [6.07, 6.45) is 3.16. The molecule has 4 aromatic carbocycles. The number of carbonyl (C=O) groups is 6. The average Bonchev–Trinajstić information content (AvgIpc) is 3.41. The number of carboxylic acids is 2. The lowest BCUT2D eigenvalue weighted by atomic mass is 9.67. The van der Waals surface area contributed by atoms with Crippen molar-refractivity contribution in [3.63, 3.8) is 0 Å². The molecule has 6 rings (SSSR count). The van der Waals surface area contributed by atoms with Crippen LogP contribution in [0.1, 0.15) is 126 Å². The van der Waals surface area contributed by atoms with Crippen molar-refractivity contribution >= 4 is 35.7 Å². The third kappa shape index (κ3) is 7.96. The van der Waals surface area contributed by atoms with E-state index in [1.165, 1.54) is 26.4 Å². The van der Waals surface area contributed by atoms with E-state index in [0.717, 1.165) is 33.4 Å². The molecule has 0 radical (unpaired) electrons. The van der Waals surface area contributed by atoms with Gasteiger partial charge in [0.15, 0.2) is 0 Å². The quantitative estimate of drug-likeness (QED) is 0.134. The number of benzene rings is 4. The van der Waals surface area contributed by atoms with Crippen molar-refractivity contribution in [3.05, 3.63) is 140 Å². The van der Waals surface area contributed by atoms with E-state index in [1.807, 2.05) is 39.8 Å². The number of ether oxygens (including phenoxy) is 2. The molecule has 0 heterocycles. The number of carbonyl (C=O) groups excluding carboxylic acids is 4. The zero-order valence-electron chi connectivity index (χ0n) is 33.6. The van der Waals surface area contributed by atoms with Crippen LogP contribution in [0, 0.1) is 11.8 Å². The Morgan fingerprint density at radius 1 is 0.517 bits per heavy atom. The summed E-state index contributed by atoms with van der Waals surface area (Å²) in [5, 5.41) is 18.7. The van der Waals surface area contributed by atoms with Crippen molar-refractivity contribution < 1.29 is 48.5 Å². The molecule has 6 N–H and O–H groups in total. The Morgan fingerprint density at radius 3 is 1.00 bits per heavy atom. The second-order valence-electron chi connectivity index (χ2n) is 15.8. The fourth-order valence-corrected chi connectivity index (χ4v) is 8.85. The van der Waals surface area contributed by atoms with Crippen LogP contribution in [0.5, 0.6) is 0 Å². The predicted octanol–water partition coefficient (Wildman–Crippen LogP) is 6.18. The highest BCUT2D eigenvalue weighted by atomic mass is 16.5. The average molecular weight is 791 g/mol. The minimum atomic E-state index is -1.14. The normalized spacial score (nSPS) is 14.5. The van der Waals surface area contributed by atoms with E-state index in [4.69, 9.17) is 20.9 Å². The lowest BCUT2D eigenvalue weighted by Crippen LogP contribution is -2.44. The van der Waals surface area contributed by atoms with E-state index < -0.39 is 46.5 Å².